The van der Waals surface area contributed by atoms with Crippen LogP contribution in [0.1, 0.15) is 12.5 Å². The highest BCUT2D eigenvalue weighted by atomic mass is 31.3. The molecule has 13 N–H and O–H groups in total. The minimum atomic E-state index is -6.00. The lowest BCUT2D eigenvalue weighted by molar-refractivity contribution is -0.746. The molecule has 292 valence electrons. The van der Waals surface area contributed by atoms with Crippen molar-refractivity contribution in [2.75, 3.05) is 24.7 Å². The number of nitrogens with one attached hydrogen (secondary N) is 2. The number of phosphoric acid groups is 3. The molecule has 4 aromatic heterocycles. The van der Waals surface area contributed by atoms with Gasteiger partial charge < -0.3 is 56.0 Å². The maximum atomic E-state index is 12.5. The molecule has 0 amide bonds. The molecule has 3 unspecified atom stereocenters. The van der Waals surface area contributed by atoms with E-state index in [2.05, 4.69) is 37.6 Å². The largest absolute Gasteiger partial charge is 0.490 e. The number of aromatic nitrogens is 8. The van der Waals surface area contributed by atoms with Gasteiger partial charge in [-0.1, -0.05) is 9.97 Å². The van der Waals surface area contributed by atoms with E-state index in [9.17, 15) is 58.4 Å². The molecule has 2 aliphatic heterocycles. The summed E-state index contributed by atoms with van der Waals surface area (Å²) in [4.78, 5) is 67.3. The van der Waals surface area contributed by atoms with Crippen molar-refractivity contribution >= 4 is 57.7 Å². The molecular formula is C22H33N10O18P3+2. The third kappa shape index (κ3) is 7.72. The van der Waals surface area contributed by atoms with Crippen molar-refractivity contribution < 1.29 is 85.1 Å². The van der Waals surface area contributed by atoms with Gasteiger partial charge >= 0.3 is 34.8 Å². The van der Waals surface area contributed by atoms with Crippen LogP contribution in [0.3, 0.4) is 0 Å². The summed E-state index contributed by atoms with van der Waals surface area (Å²) >= 11 is 0. The van der Waals surface area contributed by atoms with Crippen molar-refractivity contribution in [2.24, 2.45) is 14.1 Å². The third-order valence-electron chi connectivity index (χ3n) is 8.02. The van der Waals surface area contributed by atoms with Gasteiger partial charge in [-0.3, -0.25) is 37.7 Å². The van der Waals surface area contributed by atoms with Crippen LogP contribution >= 0.6 is 23.5 Å². The fraction of sp³-hybridized carbons (Fsp3) is 0.545. The van der Waals surface area contributed by atoms with Gasteiger partial charge in [-0.2, -0.15) is 8.62 Å². The zero-order chi connectivity index (χ0) is 38.9. The van der Waals surface area contributed by atoms with E-state index in [4.69, 9.17) is 20.9 Å². The van der Waals surface area contributed by atoms with E-state index in [-0.39, 0.29) is 34.2 Å². The molecule has 53 heavy (non-hydrogen) atoms. The number of nitrogens with two attached hydrogens (primary N) is 2. The monoisotopic (exact) mass is 818 g/mol. The Morgan fingerprint density at radius 3 is 1.43 bits per heavy atom. The smallest absolute Gasteiger partial charge is 0.387 e. The summed E-state index contributed by atoms with van der Waals surface area (Å²) in [5, 5.41) is 42.3. The normalized spacial score (nSPS) is 29.8. The van der Waals surface area contributed by atoms with Crippen LogP contribution in [0, 0.1) is 0 Å². The Labute approximate surface area is 293 Å². The van der Waals surface area contributed by atoms with E-state index in [1.165, 1.54) is 35.9 Å². The third-order valence-corrected chi connectivity index (χ3v) is 12.3. The van der Waals surface area contributed by atoms with Crippen molar-refractivity contribution in [2.45, 2.75) is 49.1 Å². The van der Waals surface area contributed by atoms with Gasteiger partial charge in [0.15, 0.2) is 12.7 Å². The molecule has 31 heteroatoms. The predicted molar refractivity (Wildman–Crippen MR) is 167 cm³/mol. The molecule has 0 bridgehead atoms. The second-order valence-electron chi connectivity index (χ2n) is 11.8. The van der Waals surface area contributed by atoms with Gasteiger partial charge in [-0.15, -0.1) is 0 Å². The molecule has 28 nitrogen and oxygen atoms in total. The number of nitrogens with zero attached hydrogens (tertiary/aromatic N) is 6. The SMILES string of the molecule is Cn1c[n+]([C@@H]2O[C@H](COP(=O)(O)OP(=O)(O)OP(=O)(O)OC[C@@H]3O[C@H]([n+]4cn(C)c5c(=O)[nH]c(N)nc54)[C@@H](O)[C@H]3O)[C@@H](O)[C@H]2O)c2nc(N)[nH]c(=O)c21. The van der Waals surface area contributed by atoms with Gasteiger partial charge in [0, 0.05) is 0 Å². The number of imidazole rings is 2. The number of phosphoric ester groups is 2. The zero-order valence-corrected chi connectivity index (χ0v) is 29.7. The van der Waals surface area contributed by atoms with Crippen molar-refractivity contribution in [3.05, 3.63) is 33.4 Å². The van der Waals surface area contributed by atoms with Crippen LogP contribution in [0.5, 0.6) is 0 Å². The molecule has 0 aromatic carbocycles. The van der Waals surface area contributed by atoms with E-state index in [0.717, 1.165) is 9.13 Å². The number of aliphatic hydroxyl groups excluding tert-OH is 4. The fourth-order valence-corrected chi connectivity index (χ4v) is 9.28. The first-order valence-electron chi connectivity index (χ1n) is 14.8. The lowest BCUT2D eigenvalue weighted by atomic mass is 10.1. The second kappa shape index (κ2) is 14.0. The Kier molecular flexibility index (Phi) is 10.3. The van der Waals surface area contributed by atoms with Crippen molar-refractivity contribution in [1.29, 1.82) is 0 Å². The summed E-state index contributed by atoms with van der Waals surface area (Å²) in [6, 6.07) is 0. The summed E-state index contributed by atoms with van der Waals surface area (Å²) < 4.78 is 70.8. The minimum absolute atomic E-state index is 0.0114. The van der Waals surface area contributed by atoms with Crippen molar-refractivity contribution in [3.63, 3.8) is 0 Å². The number of anilines is 2. The Morgan fingerprint density at radius 1 is 0.717 bits per heavy atom. The van der Waals surface area contributed by atoms with E-state index < -0.39 is 96.9 Å². The van der Waals surface area contributed by atoms with Crippen LogP contribution < -0.4 is 31.7 Å². The minimum Gasteiger partial charge on any atom is -0.387 e. The Hall–Kier alpha value is -3.53. The van der Waals surface area contributed by atoms with Gasteiger partial charge in [0.05, 0.1) is 27.3 Å². The Bertz CT molecular complexity index is 2170. The summed E-state index contributed by atoms with van der Waals surface area (Å²) in [5.41, 5.74) is 9.85. The summed E-state index contributed by atoms with van der Waals surface area (Å²) in [6.07, 6.45) is -10.7. The summed E-state index contributed by atoms with van der Waals surface area (Å²) in [6.45, 7) is -2.16. The number of hydrogen-bond acceptors (Lipinski definition) is 19. The molecule has 2 fully saturated rings. The number of hydrogen-bond donors (Lipinski definition) is 11. The molecule has 0 aliphatic carbocycles. The molecule has 2 saturated heterocycles. The van der Waals surface area contributed by atoms with Gasteiger partial charge in [0.1, 0.15) is 36.6 Å². The first kappa shape index (κ1) is 39.2. The van der Waals surface area contributed by atoms with Gasteiger partial charge in [0.25, 0.3) is 23.0 Å². The van der Waals surface area contributed by atoms with Crippen LogP contribution in [0.4, 0.5) is 11.9 Å². The number of fused-ring (bicyclic) bond motifs is 2. The highest BCUT2D eigenvalue weighted by Crippen LogP contribution is 2.67. The summed E-state index contributed by atoms with van der Waals surface area (Å²) in [5.74, 6) is -0.558. The molecule has 0 spiro atoms. The van der Waals surface area contributed by atoms with E-state index >= 15 is 0 Å². The van der Waals surface area contributed by atoms with Gasteiger partial charge in [0.2, 0.25) is 23.5 Å². The number of rotatable bonds is 12. The maximum Gasteiger partial charge on any atom is 0.490 e. The molecule has 0 radical (unpaired) electrons. The van der Waals surface area contributed by atoms with Gasteiger partial charge in [-0.25, -0.2) is 22.8 Å². The average molecular weight is 818 g/mol. The molecule has 2 aliphatic rings. The number of ether oxygens (including phenoxy) is 2. The molecule has 11 atom stereocenters. The van der Waals surface area contributed by atoms with Crippen LogP contribution in [0.25, 0.3) is 22.3 Å². The Morgan fingerprint density at radius 2 is 1.08 bits per heavy atom. The number of nitrogen functional groups attached to an aromatic ring is 2. The number of aryl methyl sites for hydroxylation is 2. The molecule has 0 saturated carbocycles. The molecule has 6 heterocycles. The van der Waals surface area contributed by atoms with Crippen molar-refractivity contribution in [1.82, 2.24) is 29.1 Å². The topological polar surface area (TPSA) is 409 Å². The maximum absolute atomic E-state index is 12.5. The molecular weight excluding hydrogens is 785 g/mol. The second-order valence-corrected chi connectivity index (χ2v) is 16.4. The number of aliphatic hydroxyl groups is 4. The first-order valence-corrected chi connectivity index (χ1v) is 19.3. The quantitative estimate of drug-likeness (QED) is 0.0470. The fourth-order valence-electron chi connectivity index (χ4n) is 5.76. The molecule has 4 aromatic rings. The first-order chi connectivity index (χ1) is 24.6. The average Bonchev–Trinajstić information content (AvgIpc) is 3.71. The number of H-pyrrole nitrogens is 2. The van der Waals surface area contributed by atoms with Crippen LogP contribution in [0.2, 0.25) is 0 Å². The highest BCUT2D eigenvalue weighted by molar-refractivity contribution is 7.66. The lowest BCUT2D eigenvalue weighted by Crippen LogP contribution is -2.46. The zero-order valence-electron chi connectivity index (χ0n) is 27.0. The molecule has 6 rings (SSSR count). The van der Waals surface area contributed by atoms with E-state index in [0.29, 0.717) is 0 Å². The van der Waals surface area contributed by atoms with Crippen LogP contribution in [-0.2, 0) is 54.9 Å². The lowest BCUT2D eigenvalue weighted by Gasteiger charge is -2.21. The predicted octanol–water partition coefficient (Wildman–Crippen LogP) is -5.12. The summed E-state index contributed by atoms with van der Waals surface area (Å²) in [7, 11) is -14.4. The van der Waals surface area contributed by atoms with Crippen LogP contribution in [-0.4, -0.2) is 114 Å². The van der Waals surface area contributed by atoms with E-state index in [1.807, 2.05) is 0 Å². The van der Waals surface area contributed by atoms with Gasteiger partial charge in [-0.05, 0) is 0 Å². The van der Waals surface area contributed by atoms with Crippen molar-refractivity contribution in [3.8, 4) is 0 Å². The number of aromatic amines is 2. The standard InChI is InChI=1S/C22H31N10O18P3/c1-29-5-31(15-9(29)17(37)27-21(23)25-15)19-13(35)11(33)7(47-19)3-45-51(39,40)49-53(43,44)50-52(41,42)46-4-8-12(34)14(36)20(48-8)32-6-30(2)10-16(32)26-22(24)28-18(10)38/h5-8,11-14,19-20,33-36H,3-4H2,1-2H3,(H7-2,23,24,25,26,27,28,37,38,39,40,41,42,43,44)/p+2/t7-,8+,11-,12+,13-,14+,19-,20+. The highest BCUT2D eigenvalue weighted by Gasteiger charge is 2.51. The van der Waals surface area contributed by atoms with E-state index in [1.54, 1.807) is 0 Å². The van der Waals surface area contributed by atoms with Crippen LogP contribution in [0.15, 0.2) is 22.2 Å². The Balaban J connectivity index is 1.05.